The number of amides is 2. The molecule has 0 fully saturated rings. The average molecular weight is 399 g/mol. The number of benzene rings is 2. The summed E-state index contributed by atoms with van der Waals surface area (Å²) in [5.41, 5.74) is 2.43. The predicted molar refractivity (Wildman–Crippen MR) is 117 cm³/mol. The third-order valence-electron chi connectivity index (χ3n) is 4.57. The molecule has 0 spiro atoms. The second-order valence-corrected chi connectivity index (χ2v) is 7.79. The Hall–Kier alpha value is -2.27. The van der Waals surface area contributed by atoms with Crippen molar-refractivity contribution in [3.63, 3.8) is 0 Å². The van der Waals surface area contributed by atoms with E-state index in [1.165, 1.54) is 11.1 Å². The zero-order valence-corrected chi connectivity index (χ0v) is 17.6. The molecule has 5 heteroatoms. The molecule has 28 heavy (non-hydrogen) atoms. The van der Waals surface area contributed by atoms with Crippen LogP contribution in [-0.4, -0.2) is 41.6 Å². The first-order valence-electron chi connectivity index (χ1n) is 9.84. The zero-order valence-electron chi connectivity index (χ0n) is 16.8. The van der Waals surface area contributed by atoms with E-state index in [0.717, 1.165) is 17.9 Å². The Labute approximate surface area is 172 Å². The van der Waals surface area contributed by atoms with E-state index in [9.17, 15) is 9.59 Å². The lowest BCUT2D eigenvalue weighted by Crippen LogP contribution is -2.48. The first-order chi connectivity index (χ1) is 13.6. The SMILES string of the molecule is CCNC(=O)C(C)N(CCc1ccccc1)C(=O)CCSCc1ccccc1. The molecule has 0 aliphatic rings. The van der Waals surface area contributed by atoms with Crippen LogP contribution in [0, 0.1) is 0 Å². The second-order valence-electron chi connectivity index (χ2n) is 6.68. The molecular formula is C23H30N2O2S. The van der Waals surface area contributed by atoms with Crippen molar-refractivity contribution < 1.29 is 9.59 Å². The van der Waals surface area contributed by atoms with Crippen molar-refractivity contribution in [2.45, 2.75) is 38.5 Å². The van der Waals surface area contributed by atoms with Gasteiger partial charge in [0, 0.05) is 31.0 Å². The summed E-state index contributed by atoms with van der Waals surface area (Å²) in [6.45, 7) is 4.81. The Morgan fingerprint density at radius 3 is 2.21 bits per heavy atom. The lowest BCUT2D eigenvalue weighted by Gasteiger charge is -2.28. The minimum absolute atomic E-state index is 0.0373. The topological polar surface area (TPSA) is 49.4 Å². The first kappa shape index (κ1) is 22.0. The molecule has 2 rings (SSSR count). The van der Waals surface area contributed by atoms with Crippen molar-refractivity contribution in [1.82, 2.24) is 10.2 Å². The molecule has 0 bridgehead atoms. The molecule has 2 aromatic carbocycles. The molecule has 0 aliphatic carbocycles. The maximum absolute atomic E-state index is 12.9. The molecule has 1 N–H and O–H groups in total. The highest BCUT2D eigenvalue weighted by Crippen LogP contribution is 2.14. The summed E-state index contributed by atoms with van der Waals surface area (Å²) < 4.78 is 0. The number of carbonyl (C=O) groups is 2. The van der Waals surface area contributed by atoms with Crippen molar-refractivity contribution in [1.29, 1.82) is 0 Å². The lowest BCUT2D eigenvalue weighted by molar-refractivity contribution is -0.139. The van der Waals surface area contributed by atoms with Crippen LogP contribution >= 0.6 is 11.8 Å². The monoisotopic (exact) mass is 398 g/mol. The number of rotatable bonds is 11. The van der Waals surface area contributed by atoms with Crippen LogP contribution in [0.25, 0.3) is 0 Å². The Balaban J connectivity index is 1.90. The summed E-state index contributed by atoms with van der Waals surface area (Å²) in [6.07, 6.45) is 1.18. The number of likely N-dealkylation sites (N-methyl/N-ethyl adjacent to an activating group) is 1. The number of hydrogen-bond donors (Lipinski definition) is 1. The van der Waals surface area contributed by atoms with Crippen LogP contribution in [0.4, 0.5) is 0 Å². The van der Waals surface area contributed by atoms with Gasteiger partial charge >= 0.3 is 0 Å². The molecule has 1 unspecified atom stereocenters. The minimum atomic E-state index is -0.463. The van der Waals surface area contributed by atoms with Crippen LogP contribution in [-0.2, 0) is 21.8 Å². The highest BCUT2D eigenvalue weighted by atomic mass is 32.2. The highest BCUT2D eigenvalue weighted by molar-refractivity contribution is 7.98. The van der Waals surface area contributed by atoms with Crippen LogP contribution in [0.2, 0.25) is 0 Å². The first-order valence-corrected chi connectivity index (χ1v) is 11.0. The van der Waals surface area contributed by atoms with E-state index in [1.807, 2.05) is 50.2 Å². The fourth-order valence-corrected chi connectivity index (χ4v) is 3.85. The Morgan fingerprint density at radius 2 is 1.61 bits per heavy atom. The normalized spacial score (nSPS) is 11.6. The zero-order chi connectivity index (χ0) is 20.2. The summed E-state index contributed by atoms with van der Waals surface area (Å²) >= 11 is 1.75. The lowest BCUT2D eigenvalue weighted by atomic mass is 10.1. The van der Waals surface area contributed by atoms with Crippen LogP contribution in [0.5, 0.6) is 0 Å². The van der Waals surface area contributed by atoms with Gasteiger partial charge in [-0.25, -0.2) is 0 Å². The summed E-state index contributed by atoms with van der Waals surface area (Å²) in [5, 5.41) is 2.83. The molecule has 2 aromatic rings. The average Bonchev–Trinajstić information content (AvgIpc) is 2.73. The molecule has 0 aromatic heterocycles. The van der Waals surface area contributed by atoms with Crippen molar-refractivity contribution in [3.05, 3.63) is 71.8 Å². The second kappa shape index (κ2) is 12.2. The van der Waals surface area contributed by atoms with Gasteiger partial charge in [0.15, 0.2) is 0 Å². The minimum Gasteiger partial charge on any atom is -0.355 e. The number of thioether (sulfide) groups is 1. The third kappa shape index (κ3) is 7.39. The van der Waals surface area contributed by atoms with Gasteiger partial charge in [0.25, 0.3) is 0 Å². The van der Waals surface area contributed by atoms with Gasteiger partial charge in [-0.2, -0.15) is 11.8 Å². The summed E-state index contributed by atoms with van der Waals surface area (Å²) in [4.78, 5) is 26.9. The molecule has 0 heterocycles. The van der Waals surface area contributed by atoms with Gasteiger partial charge in [0.05, 0.1) is 0 Å². The summed E-state index contributed by atoms with van der Waals surface area (Å²) in [5.74, 6) is 1.58. The predicted octanol–water partition coefficient (Wildman–Crippen LogP) is 3.91. The molecular weight excluding hydrogens is 368 g/mol. The number of nitrogens with one attached hydrogen (secondary N) is 1. The fourth-order valence-electron chi connectivity index (χ4n) is 2.96. The van der Waals surface area contributed by atoms with E-state index in [0.29, 0.717) is 19.5 Å². The van der Waals surface area contributed by atoms with Crippen LogP contribution in [0.3, 0.4) is 0 Å². The number of hydrogen-bond acceptors (Lipinski definition) is 3. The van der Waals surface area contributed by atoms with Crippen LogP contribution in [0.1, 0.15) is 31.4 Å². The van der Waals surface area contributed by atoms with E-state index >= 15 is 0 Å². The third-order valence-corrected chi connectivity index (χ3v) is 5.60. The molecule has 150 valence electrons. The van der Waals surface area contributed by atoms with Gasteiger partial charge in [-0.3, -0.25) is 9.59 Å². The van der Waals surface area contributed by atoms with E-state index < -0.39 is 6.04 Å². The fraction of sp³-hybridized carbons (Fsp3) is 0.391. The van der Waals surface area contributed by atoms with E-state index in [2.05, 4.69) is 29.6 Å². The Bertz CT molecular complexity index is 722. The van der Waals surface area contributed by atoms with Crippen molar-refractivity contribution >= 4 is 23.6 Å². The van der Waals surface area contributed by atoms with Gasteiger partial charge in [-0.15, -0.1) is 0 Å². The number of nitrogens with zero attached hydrogens (tertiary/aromatic N) is 1. The van der Waals surface area contributed by atoms with Gasteiger partial charge in [-0.05, 0) is 31.4 Å². The van der Waals surface area contributed by atoms with Gasteiger partial charge in [0.2, 0.25) is 11.8 Å². The maximum atomic E-state index is 12.9. The highest BCUT2D eigenvalue weighted by Gasteiger charge is 2.24. The molecule has 0 radical (unpaired) electrons. The Kier molecular flexibility index (Phi) is 9.63. The van der Waals surface area contributed by atoms with Crippen LogP contribution in [0.15, 0.2) is 60.7 Å². The van der Waals surface area contributed by atoms with E-state index in [-0.39, 0.29) is 11.8 Å². The Morgan fingerprint density at radius 1 is 1.00 bits per heavy atom. The molecule has 4 nitrogen and oxygen atoms in total. The molecule has 0 aliphatic heterocycles. The maximum Gasteiger partial charge on any atom is 0.242 e. The molecule has 0 saturated carbocycles. The summed E-state index contributed by atoms with van der Waals surface area (Å²) in [6, 6.07) is 19.9. The standard InChI is InChI=1S/C23H30N2O2S/c1-3-24-23(27)19(2)25(16-14-20-10-6-4-7-11-20)22(26)15-17-28-18-21-12-8-5-9-13-21/h4-13,19H,3,14-18H2,1-2H3,(H,24,27). The van der Waals surface area contributed by atoms with Gasteiger partial charge in [-0.1, -0.05) is 60.7 Å². The quantitative estimate of drug-likeness (QED) is 0.584. The van der Waals surface area contributed by atoms with E-state index in [4.69, 9.17) is 0 Å². The van der Waals surface area contributed by atoms with Crippen LogP contribution < -0.4 is 5.32 Å². The largest absolute Gasteiger partial charge is 0.355 e. The number of carbonyl (C=O) groups excluding carboxylic acids is 2. The molecule has 2 amide bonds. The smallest absolute Gasteiger partial charge is 0.242 e. The molecule has 1 atom stereocenters. The van der Waals surface area contributed by atoms with Gasteiger partial charge < -0.3 is 10.2 Å². The summed E-state index contributed by atoms with van der Waals surface area (Å²) in [7, 11) is 0. The van der Waals surface area contributed by atoms with E-state index in [1.54, 1.807) is 16.7 Å². The van der Waals surface area contributed by atoms with Crippen molar-refractivity contribution in [2.24, 2.45) is 0 Å². The molecule has 0 saturated heterocycles. The van der Waals surface area contributed by atoms with Crippen molar-refractivity contribution in [3.8, 4) is 0 Å². The van der Waals surface area contributed by atoms with Gasteiger partial charge in [0.1, 0.15) is 6.04 Å². The van der Waals surface area contributed by atoms with Crippen molar-refractivity contribution in [2.75, 3.05) is 18.8 Å².